The first-order valence-corrected chi connectivity index (χ1v) is 25.8. The summed E-state index contributed by atoms with van der Waals surface area (Å²) in [4.78, 5) is 13.5. The third kappa shape index (κ3) is 7.76. The van der Waals surface area contributed by atoms with E-state index in [1.165, 1.54) is 103 Å². The average Bonchev–Trinajstić information content (AvgIpc) is 3.71. The van der Waals surface area contributed by atoms with Crippen molar-refractivity contribution in [3.63, 3.8) is 0 Å². The zero-order valence-corrected chi connectivity index (χ0v) is 39.5. The number of carbonyl (C=O) groups excluding carboxylic acids is 1. The van der Waals surface area contributed by atoms with Crippen LogP contribution >= 0.6 is 0 Å². The second-order valence-electron chi connectivity index (χ2n) is 24.8. The topological polar surface area (TPSA) is 35.5 Å². The van der Waals surface area contributed by atoms with Crippen LogP contribution in [0.1, 0.15) is 210 Å². The fourth-order valence-corrected chi connectivity index (χ4v) is 17.8. The van der Waals surface area contributed by atoms with Gasteiger partial charge in [0, 0.05) is 12.8 Å². The molecule has 0 aromatic rings. The summed E-state index contributed by atoms with van der Waals surface area (Å²) in [6.07, 6.45) is 33.3. The Hall–Kier alpha value is -1.25. The molecule has 0 aliphatic heterocycles. The highest BCUT2D eigenvalue weighted by molar-refractivity contribution is 5.60. The maximum atomic E-state index is 13.5. The van der Waals surface area contributed by atoms with Gasteiger partial charge in [-0.25, -0.2) is 4.79 Å². The number of carbonyl (C=O) groups is 1. The van der Waals surface area contributed by atoms with E-state index in [1.807, 2.05) is 0 Å². The van der Waals surface area contributed by atoms with Gasteiger partial charge in [-0.05, 0) is 183 Å². The highest BCUT2D eigenvalue weighted by Gasteiger charge is 2.61. The minimum Gasteiger partial charge on any atom is -0.431 e. The van der Waals surface area contributed by atoms with Gasteiger partial charge in [-0.15, -0.1) is 0 Å². The number of rotatable bonds is 12. The lowest BCUT2D eigenvalue weighted by Gasteiger charge is -2.58. The SMILES string of the molecule is CC(C)CCC[C@@H](C)[C@H]1CC[C@H]2[C@@H]3CC=C4CC(OC(=O)OC5CC[C@@]6(C)C(=CC[C@H]7[C@@H]8CC[C@H]([C@H](C)CCCC(C)C)[C@@]8(C)CC[C@@H]76)C5)CC[C@]4(C)[C@H]3CC[C@]12C. The smallest absolute Gasteiger partial charge is 0.431 e. The summed E-state index contributed by atoms with van der Waals surface area (Å²) >= 11 is 0. The molecule has 0 radical (unpaired) electrons. The van der Waals surface area contributed by atoms with E-state index in [9.17, 15) is 4.79 Å². The third-order valence-corrected chi connectivity index (χ3v) is 21.0. The highest BCUT2D eigenvalue weighted by Crippen LogP contribution is 2.69. The molecule has 0 saturated heterocycles. The first-order chi connectivity index (χ1) is 27.6. The molecule has 0 spiro atoms. The Morgan fingerprint density at radius 2 is 0.966 bits per heavy atom. The molecule has 0 amide bonds. The maximum Gasteiger partial charge on any atom is 0.508 e. The normalized spacial score (nSPS) is 45.4. The molecule has 0 N–H and O–H groups in total. The number of hydrogen-bond acceptors (Lipinski definition) is 3. The molecule has 0 bridgehead atoms. The standard InChI is InChI=1S/C55H90O3/c1-35(2)13-11-15-37(5)45-21-23-47-43-19-17-39-33-41(25-29-52(39,7)49(43)27-31-54(45,47)9)57-51(56)58-42-26-30-53(8)40(34-42)18-20-44-48-24-22-46(38(6)16-12-14-36(3)4)55(48,10)32-28-50(44)53/h17-18,35-38,41-50H,11-16,19-34H2,1-10H3/t37-,38-,41?,42?,43+,44+,45-,46-,47+,48+,49+,50+,52+,53+,54-,55-/m1/s1. The van der Waals surface area contributed by atoms with Crippen molar-refractivity contribution in [3.8, 4) is 0 Å². The van der Waals surface area contributed by atoms with Crippen LogP contribution in [0.2, 0.25) is 0 Å². The lowest BCUT2D eigenvalue weighted by atomic mass is 9.47. The van der Waals surface area contributed by atoms with Crippen LogP contribution in [0, 0.1) is 92.7 Å². The van der Waals surface area contributed by atoms with Gasteiger partial charge in [0.2, 0.25) is 0 Å². The van der Waals surface area contributed by atoms with Crippen molar-refractivity contribution in [2.75, 3.05) is 0 Å². The summed E-state index contributed by atoms with van der Waals surface area (Å²) in [5.74, 6) is 10.2. The van der Waals surface area contributed by atoms with Gasteiger partial charge in [0.25, 0.3) is 0 Å². The van der Waals surface area contributed by atoms with E-state index >= 15 is 0 Å². The van der Waals surface area contributed by atoms with E-state index in [4.69, 9.17) is 9.47 Å². The Kier molecular flexibility index (Phi) is 12.6. The fraction of sp³-hybridized carbons (Fsp3) is 0.909. The van der Waals surface area contributed by atoms with Crippen molar-refractivity contribution >= 4 is 6.16 Å². The second-order valence-corrected chi connectivity index (χ2v) is 24.8. The van der Waals surface area contributed by atoms with Crippen LogP contribution in [0.5, 0.6) is 0 Å². The van der Waals surface area contributed by atoms with Crippen LogP contribution in [0.15, 0.2) is 23.3 Å². The van der Waals surface area contributed by atoms with E-state index in [0.29, 0.717) is 10.8 Å². The molecule has 0 aromatic heterocycles. The molecule has 16 atom stereocenters. The van der Waals surface area contributed by atoms with E-state index in [-0.39, 0.29) is 23.0 Å². The number of ether oxygens (including phenoxy) is 2. The van der Waals surface area contributed by atoms with Gasteiger partial charge in [0.15, 0.2) is 0 Å². The first-order valence-electron chi connectivity index (χ1n) is 25.8. The first kappa shape index (κ1) is 43.4. The Balaban J connectivity index is 0.837. The van der Waals surface area contributed by atoms with E-state index in [0.717, 1.165) is 110 Å². The molecule has 58 heavy (non-hydrogen) atoms. The van der Waals surface area contributed by atoms with Gasteiger partial charge in [0.05, 0.1) is 0 Å². The van der Waals surface area contributed by atoms with Crippen molar-refractivity contribution in [1.29, 1.82) is 0 Å². The van der Waals surface area contributed by atoms with Gasteiger partial charge in [-0.3, -0.25) is 0 Å². The Labute approximate surface area is 357 Å². The molecule has 328 valence electrons. The molecule has 8 aliphatic carbocycles. The molecular weight excluding hydrogens is 709 g/mol. The minimum absolute atomic E-state index is 0.0343. The zero-order valence-electron chi connectivity index (χ0n) is 39.5. The van der Waals surface area contributed by atoms with Crippen molar-refractivity contribution in [3.05, 3.63) is 23.3 Å². The summed E-state index contributed by atoms with van der Waals surface area (Å²) in [5.41, 5.74) is 4.81. The summed E-state index contributed by atoms with van der Waals surface area (Å²) in [7, 11) is 0. The Morgan fingerprint density at radius 1 is 0.552 bits per heavy atom. The Morgan fingerprint density at radius 3 is 1.36 bits per heavy atom. The second kappa shape index (κ2) is 16.8. The fourth-order valence-electron chi connectivity index (χ4n) is 17.8. The molecular formula is C55H90O3. The monoisotopic (exact) mass is 799 g/mol. The van der Waals surface area contributed by atoms with E-state index in [2.05, 4.69) is 81.4 Å². The molecule has 2 unspecified atom stereocenters. The van der Waals surface area contributed by atoms with Gasteiger partial charge >= 0.3 is 6.16 Å². The van der Waals surface area contributed by atoms with Gasteiger partial charge in [-0.2, -0.15) is 0 Å². The van der Waals surface area contributed by atoms with Crippen molar-refractivity contribution in [1.82, 2.24) is 0 Å². The zero-order chi connectivity index (χ0) is 41.2. The predicted molar refractivity (Wildman–Crippen MR) is 241 cm³/mol. The van der Waals surface area contributed by atoms with Gasteiger partial charge < -0.3 is 9.47 Å². The maximum absolute atomic E-state index is 13.5. The lowest BCUT2D eigenvalue weighted by molar-refractivity contribution is -0.0717. The average molecular weight is 799 g/mol. The molecule has 0 heterocycles. The number of fused-ring (bicyclic) bond motifs is 10. The molecule has 3 nitrogen and oxygen atoms in total. The van der Waals surface area contributed by atoms with E-state index in [1.54, 1.807) is 11.1 Å². The van der Waals surface area contributed by atoms with Crippen LogP contribution < -0.4 is 0 Å². The van der Waals surface area contributed by atoms with Crippen LogP contribution in [-0.4, -0.2) is 18.4 Å². The van der Waals surface area contributed by atoms with Crippen molar-refractivity contribution < 1.29 is 14.3 Å². The quantitative estimate of drug-likeness (QED) is 0.146. The third-order valence-electron chi connectivity index (χ3n) is 21.0. The summed E-state index contributed by atoms with van der Waals surface area (Å²) in [6.45, 7) is 25.3. The molecule has 8 aliphatic rings. The van der Waals surface area contributed by atoms with Gasteiger partial charge in [0.1, 0.15) is 12.2 Å². The van der Waals surface area contributed by atoms with Crippen molar-refractivity contribution in [2.24, 2.45) is 92.7 Å². The Bertz CT molecular complexity index is 1410. The highest BCUT2D eigenvalue weighted by atomic mass is 16.7. The lowest BCUT2D eigenvalue weighted by Crippen LogP contribution is -2.51. The van der Waals surface area contributed by atoms with Crippen LogP contribution in [0.4, 0.5) is 4.79 Å². The van der Waals surface area contributed by atoms with E-state index < -0.39 is 6.16 Å². The minimum atomic E-state index is -0.397. The van der Waals surface area contributed by atoms with Crippen molar-refractivity contribution in [2.45, 2.75) is 223 Å². The number of hydrogen-bond donors (Lipinski definition) is 0. The van der Waals surface area contributed by atoms with Crippen LogP contribution in [0.25, 0.3) is 0 Å². The van der Waals surface area contributed by atoms with Crippen LogP contribution in [0.3, 0.4) is 0 Å². The molecule has 0 aromatic carbocycles. The predicted octanol–water partition coefficient (Wildman–Crippen LogP) is 16.0. The molecule has 6 fully saturated rings. The largest absolute Gasteiger partial charge is 0.508 e. The van der Waals surface area contributed by atoms with Crippen LogP contribution in [-0.2, 0) is 9.47 Å². The number of allylic oxidation sites excluding steroid dienone is 2. The molecule has 6 saturated carbocycles. The summed E-state index contributed by atoms with van der Waals surface area (Å²) in [5, 5.41) is 0. The molecule has 3 heteroatoms. The van der Waals surface area contributed by atoms with Gasteiger partial charge in [-0.1, -0.05) is 131 Å². The summed E-state index contributed by atoms with van der Waals surface area (Å²) < 4.78 is 12.5. The molecule has 8 rings (SSSR count). The summed E-state index contributed by atoms with van der Waals surface area (Å²) in [6, 6.07) is 0.